The van der Waals surface area contributed by atoms with Gasteiger partial charge in [-0.25, -0.2) is 9.59 Å². The number of hydrogen-bond acceptors (Lipinski definition) is 2. The number of rotatable bonds is 8. The van der Waals surface area contributed by atoms with Gasteiger partial charge in [0, 0.05) is 11.4 Å². The van der Waals surface area contributed by atoms with Gasteiger partial charge in [-0.15, -0.1) is 0 Å². The molecule has 0 fully saturated rings. The molecule has 4 aromatic rings. The Bertz CT molecular complexity index is 1350. The fourth-order valence-electron chi connectivity index (χ4n) is 4.38. The van der Waals surface area contributed by atoms with Gasteiger partial charge in [-0.2, -0.15) is 0 Å². The van der Waals surface area contributed by atoms with Crippen molar-refractivity contribution in [2.24, 2.45) is 5.92 Å². The molecule has 0 aliphatic heterocycles. The highest BCUT2D eigenvalue weighted by molar-refractivity contribution is 5.95. The molecule has 0 unspecified atom stereocenters. The molecule has 0 aliphatic carbocycles. The van der Waals surface area contributed by atoms with E-state index in [9.17, 15) is 14.7 Å². The van der Waals surface area contributed by atoms with Gasteiger partial charge >= 0.3 is 11.7 Å². The molecule has 1 aromatic heterocycles. The van der Waals surface area contributed by atoms with Crippen molar-refractivity contribution in [3.05, 3.63) is 112 Å². The highest BCUT2D eigenvalue weighted by Crippen LogP contribution is 2.25. The van der Waals surface area contributed by atoms with E-state index in [-0.39, 0.29) is 11.3 Å². The van der Waals surface area contributed by atoms with Gasteiger partial charge in [-0.3, -0.25) is 9.13 Å². The molecule has 0 bridgehead atoms. The molecule has 0 saturated heterocycles. The van der Waals surface area contributed by atoms with Crippen molar-refractivity contribution in [2.45, 2.75) is 40.2 Å². The molecular weight excluding hydrogens is 424 g/mol. The largest absolute Gasteiger partial charge is 0.478 e. The van der Waals surface area contributed by atoms with Crippen LogP contribution in [0.25, 0.3) is 16.8 Å². The van der Waals surface area contributed by atoms with Gasteiger partial charge in [0.1, 0.15) is 0 Å². The predicted octanol–water partition coefficient (Wildman–Crippen LogP) is 5.95. The number of aromatic nitrogens is 2. The normalized spacial score (nSPS) is 11.2. The SMILES string of the molecule is Cc1c(CCC(C)C)n(Cc2ccc(-c3ccccc3C(=O)O)cc2)c(=O)n1-c1ccccc1. The molecule has 4 rings (SSSR count). The summed E-state index contributed by atoms with van der Waals surface area (Å²) in [5.41, 5.74) is 5.66. The number of carboxylic acid groups (broad SMARTS) is 1. The molecule has 174 valence electrons. The van der Waals surface area contributed by atoms with Gasteiger partial charge in [-0.05, 0) is 60.6 Å². The van der Waals surface area contributed by atoms with E-state index in [0.29, 0.717) is 18.0 Å². The molecule has 1 heterocycles. The van der Waals surface area contributed by atoms with Gasteiger partial charge in [0.2, 0.25) is 0 Å². The van der Waals surface area contributed by atoms with E-state index >= 15 is 0 Å². The molecule has 0 radical (unpaired) electrons. The maximum atomic E-state index is 13.5. The Labute approximate surface area is 199 Å². The van der Waals surface area contributed by atoms with E-state index in [4.69, 9.17) is 0 Å². The summed E-state index contributed by atoms with van der Waals surface area (Å²) in [7, 11) is 0. The fraction of sp³-hybridized carbons (Fsp3) is 0.241. The van der Waals surface area contributed by atoms with E-state index in [2.05, 4.69) is 13.8 Å². The average Bonchev–Trinajstić information content (AvgIpc) is 3.07. The summed E-state index contributed by atoms with van der Waals surface area (Å²) in [6.07, 6.45) is 1.84. The van der Waals surface area contributed by atoms with Crippen LogP contribution >= 0.6 is 0 Å². The molecule has 34 heavy (non-hydrogen) atoms. The number of hydrogen-bond donors (Lipinski definition) is 1. The Morgan fingerprint density at radius 2 is 1.56 bits per heavy atom. The van der Waals surface area contributed by atoms with Crippen LogP contribution in [-0.4, -0.2) is 20.2 Å². The van der Waals surface area contributed by atoms with Crippen LogP contribution in [0.3, 0.4) is 0 Å². The second kappa shape index (κ2) is 9.96. The van der Waals surface area contributed by atoms with Crippen molar-refractivity contribution in [2.75, 3.05) is 0 Å². The average molecular weight is 455 g/mol. The second-order valence-electron chi connectivity index (χ2n) is 9.05. The fourth-order valence-corrected chi connectivity index (χ4v) is 4.38. The maximum Gasteiger partial charge on any atom is 0.336 e. The third-order valence-corrected chi connectivity index (χ3v) is 6.24. The number of carbonyl (C=O) groups is 1. The van der Waals surface area contributed by atoms with Crippen LogP contribution < -0.4 is 5.69 Å². The van der Waals surface area contributed by atoms with E-state index < -0.39 is 5.97 Å². The molecule has 3 aromatic carbocycles. The van der Waals surface area contributed by atoms with Crippen molar-refractivity contribution < 1.29 is 9.90 Å². The Balaban J connectivity index is 1.71. The van der Waals surface area contributed by atoms with Crippen LogP contribution in [0.4, 0.5) is 0 Å². The van der Waals surface area contributed by atoms with Gasteiger partial charge in [0.05, 0.1) is 17.8 Å². The predicted molar refractivity (Wildman–Crippen MR) is 136 cm³/mol. The molecule has 5 heteroatoms. The molecule has 5 nitrogen and oxygen atoms in total. The summed E-state index contributed by atoms with van der Waals surface area (Å²) in [6.45, 7) is 6.87. The molecule has 0 aliphatic rings. The van der Waals surface area contributed by atoms with Gasteiger partial charge < -0.3 is 5.11 Å². The standard InChI is InChI=1S/C29H30N2O3/c1-20(2)13-18-27-21(3)31(24-9-5-4-6-10-24)29(34)30(27)19-22-14-16-23(17-15-22)25-11-7-8-12-26(25)28(32)33/h4-12,14-17,20H,13,18-19H2,1-3H3,(H,32,33). The summed E-state index contributed by atoms with van der Waals surface area (Å²) < 4.78 is 3.68. The lowest BCUT2D eigenvalue weighted by atomic mass is 9.98. The number of carboxylic acids is 1. The van der Waals surface area contributed by atoms with E-state index in [1.165, 1.54) is 0 Å². The monoisotopic (exact) mass is 454 g/mol. The van der Waals surface area contributed by atoms with Crippen LogP contribution in [0.2, 0.25) is 0 Å². The van der Waals surface area contributed by atoms with Crippen LogP contribution in [0, 0.1) is 12.8 Å². The molecule has 0 saturated carbocycles. The summed E-state index contributed by atoms with van der Waals surface area (Å²) in [6, 6.07) is 24.6. The molecule has 0 atom stereocenters. The zero-order valence-corrected chi connectivity index (χ0v) is 19.9. The highest BCUT2D eigenvalue weighted by atomic mass is 16.4. The second-order valence-corrected chi connectivity index (χ2v) is 9.05. The first kappa shape index (κ1) is 23.3. The zero-order chi connectivity index (χ0) is 24.2. The third-order valence-electron chi connectivity index (χ3n) is 6.24. The lowest BCUT2D eigenvalue weighted by molar-refractivity contribution is 0.0697. The summed E-state index contributed by atoms with van der Waals surface area (Å²) in [4.78, 5) is 25.1. The lowest BCUT2D eigenvalue weighted by Gasteiger charge is -2.11. The third kappa shape index (κ3) is 4.74. The number of aromatic carboxylic acids is 1. The van der Waals surface area contributed by atoms with Crippen molar-refractivity contribution in [1.82, 2.24) is 9.13 Å². The van der Waals surface area contributed by atoms with E-state index in [1.807, 2.05) is 78.2 Å². The van der Waals surface area contributed by atoms with Crippen LogP contribution in [0.5, 0.6) is 0 Å². The van der Waals surface area contributed by atoms with Gasteiger partial charge in [0.15, 0.2) is 0 Å². The van der Waals surface area contributed by atoms with Crippen molar-refractivity contribution in [3.63, 3.8) is 0 Å². The quantitative estimate of drug-likeness (QED) is 0.358. The lowest BCUT2D eigenvalue weighted by Crippen LogP contribution is -2.25. The van der Waals surface area contributed by atoms with E-state index in [1.54, 1.807) is 16.7 Å². The molecule has 0 amide bonds. The Morgan fingerprint density at radius 3 is 2.21 bits per heavy atom. The van der Waals surface area contributed by atoms with Gasteiger partial charge in [0.25, 0.3) is 0 Å². The Hall–Kier alpha value is -3.86. The first-order valence-corrected chi connectivity index (χ1v) is 11.6. The Morgan fingerprint density at radius 1 is 0.912 bits per heavy atom. The summed E-state index contributed by atoms with van der Waals surface area (Å²) >= 11 is 0. The van der Waals surface area contributed by atoms with Crippen LogP contribution in [0.15, 0.2) is 83.7 Å². The molecule has 1 N–H and O–H groups in total. The minimum absolute atomic E-state index is 0.0391. The number of imidazole rings is 1. The van der Waals surface area contributed by atoms with E-state index in [0.717, 1.165) is 41.0 Å². The van der Waals surface area contributed by atoms with Gasteiger partial charge in [-0.1, -0.05) is 74.5 Å². The van der Waals surface area contributed by atoms with Crippen LogP contribution in [0.1, 0.15) is 47.6 Å². The van der Waals surface area contributed by atoms with Crippen LogP contribution in [-0.2, 0) is 13.0 Å². The summed E-state index contributed by atoms with van der Waals surface area (Å²) in [5, 5.41) is 9.51. The minimum Gasteiger partial charge on any atom is -0.478 e. The molecule has 0 spiro atoms. The smallest absolute Gasteiger partial charge is 0.336 e. The maximum absolute atomic E-state index is 13.5. The summed E-state index contributed by atoms with van der Waals surface area (Å²) in [5.74, 6) is -0.407. The van der Waals surface area contributed by atoms with Crippen molar-refractivity contribution in [1.29, 1.82) is 0 Å². The van der Waals surface area contributed by atoms with Crippen molar-refractivity contribution >= 4 is 5.97 Å². The highest BCUT2D eigenvalue weighted by Gasteiger charge is 2.19. The number of para-hydroxylation sites is 1. The minimum atomic E-state index is -0.946. The van der Waals surface area contributed by atoms with Crippen molar-refractivity contribution in [3.8, 4) is 16.8 Å². The first-order valence-electron chi connectivity index (χ1n) is 11.6. The number of benzene rings is 3. The first-order chi connectivity index (χ1) is 16.4. The Kier molecular flexibility index (Phi) is 6.82. The zero-order valence-electron chi connectivity index (χ0n) is 19.9. The number of nitrogens with zero attached hydrogens (tertiary/aromatic N) is 2. The topological polar surface area (TPSA) is 64.2 Å². The molecular formula is C29H30N2O3.